The van der Waals surface area contributed by atoms with Crippen LogP contribution in [0.15, 0.2) is 30.3 Å². The van der Waals surface area contributed by atoms with Crippen LogP contribution >= 0.6 is 0 Å². The highest BCUT2D eigenvalue weighted by atomic mass is 16.2. The number of likely N-dealkylation sites (N-methyl/N-ethyl adjacent to an activating group) is 1. The number of nitrogens with zero attached hydrogens (tertiary/aromatic N) is 1. The Balaban J connectivity index is 1.73. The minimum atomic E-state index is 0.306. The Morgan fingerprint density at radius 3 is 2.76 bits per heavy atom. The van der Waals surface area contributed by atoms with E-state index in [9.17, 15) is 4.79 Å². The lowest BCUT2D eigenvalue weighted by Crippen LogP contribution is -2.37. The quantitative estimate of drug-likeness (QED) is 0.836. The topological polar surface area (TPSA) is 32.3 Å². The fourth-order valence-corrected chi connectivity index (χ4v) is 2.99. The van der Waals surface area contributed by atoms with E-state index in [1.54, 1.807) is 0 Å². The molecular weight excluding hydrogens is 260 g/mol. The number of hydrogen-bond acceptors (Lipinski definition) is 2. The van der Waals surface area contributed by atoms with Crippen molar-refractivity contribution in [1.82, 2.24) is 10.2 Å². The van der Waals surface area contributed by atoms with Gasteiger partial charge in [-0.25, -0.2) is 0 Å². The predicted molar refractivity (Wildman–Crippen MR) is 87.3 cm³/mol. The normalized spacial score (nSPS) is 18.4. The van der Waals surface area contributed by atoms with Crippen LogP contribution in [-0.2, 0) is 11.2 Å². The molecule has 2 rings (SSSR count). The lowest BCUT2D eigenvalue weighted by atomic mass is 10.0. The van der Waals surface area contributed by atoms with Gasteiger partial charge < -0.3 is 10.2 Å². The van der Waals surface area contributed by atoms with E-state index >= 15 is 0 Å². The first-order valence-electron chi connectivity index (χ1n) is 8.34. The van der Waals surface area contributed by atoms with Gasteiger partial charge in [-0.05, 0) is 44.7 Å². The minimum absolute atomic E-state index is 0.306. The Labute approximate surface area is 128 Å². The Morgan fingerprint density at radius 2 is 2.10 bits per heavy atom. The van der Waals surface area contributed by atoms with Gasteiger partial charge in [0.2, 0.25) is 5.91 Å². The Kier molecular flexibility index (Phi) is 6.74. The van der Waals surface area contributed by atoms with Crippen LogP contribution < -0.4 is 5.32 Å². The first kappa shape index (κ1) is 16.0. The second kappa shape index (κ2) is 8.83. The van der Waals surface area contributed by atoms with Gasteiger partial charge in [-0.2, -0.15) is 0 Å². The Hall–Kier alpha value is -1.35. The van der Waals surface area contributed by atoms with Gasteiger partial charge in [-0.15, -0.1) is 0 Å². The molecule has 1 atom stereocenters. The fraction of sp³-hybridized carbons (Fsp3) is 0.611. The first-order chi connectivity index (χ1) is 10.3. The van der Waals surface area contributed by atoms with Crippen molar-refractivity contribution in [2.24, 2.45) is 0 Å². The molecule has 0 saturated carbocycles. The van der Waals surface area contributed by atoms with E-state index in [0.29, 0.717) is 18.4 Å². The molecule has 1 amide bonds. The lowest BCUT2D eigenvalue weighted by molar-refractivity contribution is -0.131. The predicted octanol–water partition coefficient (Wildman–Crippen LogP) is 3.00. The van der Waals surface area contributed by atoms with Gasteiger partial charge >= 0.3 is 0 Å². The van der Waals surface area contributed by atoms with E-state index in [4.69, 9.17) is 0 Å². The molecule has 1 aromatic carbocycles. The van der Waals surface area contributed by atoms with Crippen molar-refractivity contribution in [3.05, 3.63) is 35.9 Å². The number of rotatable bonds is 7. The molecule has 0 aliphatic carbocycles. The van der Waals surface area contributed by atoms with E-state index in [1.165, 1.54) is 24.8 Å². The van der Waals surface area contributed by atoms with E-state index in [0.717, 1.165) is 32.5 Å². The Bertz CT molecular complexity index is 412. The maximum Gasteiger partial charge on any atom is 0.222 e. The van der Waals surface area contributed by atoms with Gasteiger partial charge in [0.1, 0.15) is 0 Å². The molecule has 1 aliphatic heterocycles. The molecule has 1 aliphatic rings. The summed E-state index contributed by atoms with van der Waals surface area (Å²) in [6.07, 6.45) is 6.42. The maximum absolute atomic E-state index is 12.3. The van der Waals surface area contributed by atoms with Crippen LogP contribution in [0.3, 0.4) is 0 Å². The number of amides is 1. The second-order valence-corrected chi connectivity index (χ2v) is 5.89. The number of carbonyl (C=O) groups excluding carboxylic acids is 1. The summed E-state index contributed by atoms with van der Waals surface area (Å²) < 4.78 is 0. The third-order valence-electron chi connectivity index (χ3n) is 4.37. The highest BCUT2D eigenvalue weighted by Crippen LogP contribution is 2.13. The molecule has 3 heteroatoms. The average Bonchev–Trinajstić information content (AvgIpc) is 2.55. The smallest absolute Gasteiger partial charge is 0.222 e. The zero-order valence-electron chi connectivity index (χ0n) is 13.2. The molecule has 0 bridgehead atoms. The fourth-order valence-electron chi connectivity index (χ4n) is 2.99. The van der Waals surface area contributed by atoms with Gasteiger partial charge in [0.15, 0.2) is 0 Å². The number of nitrogens with one attached hydrogen (secondary N) is 1. The van der Waals surface area contributed by atoms with E-state index in [1.807, 2.05) is 11.0 Å². The number of piperidine rings is 1. The summed E-state index contributed by atoms with van der Waals surface area (Å²) >= 11 is 0. The van der Waals surface area contributed by atoms with E-state index in [2.05, 4.69) is 36.5 Å². The summed E-state index contributed by atoms with van der Waals surface area (Å²) in [6.45, 7) is 4.83. The average molecular weight is 288 g/mol. The summed E-state index contributed by atoms with van der Waals surface area (Å²) in [7, 11) is 0. The SMILES string of the molecule is CCN(CCc1ccccc1)C(=O)CCC1CCCCN1. The largest absolute Gasteiger partial charge is 0.343 e. The lowest BCUT2D eigenvalue weighted by Gasteiger charge is -2.25. The third kappa shape index (κ3) is 5.50. The highest BCUT2D eigenvalue weighted by molar-refractivity contribution is 5.76. The molecule has 1 N–H and O–H groups in total. The van der Waals surface area contributed by atoms with Crippen molar-refractivity contribution >= 4 is 5.91 Å². The second-order valence-electron chi connectivity index (χ2n) is 5.89. The van der Waals surface area contributed by atoms with Crippen molar-refractivity contribution in [3.63, 3.8) is 0 Å². The van der Waals surface area contributed by atoms with Gasteiger partial charge in [-0.1, -0.05) is 36.8 Å². The van der Waals surface area contributed by atoms with Crippen molar-refractivity contribution in [2.75, 3.05) is 19.6 Å². The van der Waals surface area contributed by atoms with Crippen LogP contribution in [0, 0.1) is 0 Å². The van der Waals surface area contributed by atoms with Gasteiger partial charge in [0, 0.05) is 25.6 Å². The van der Waals surface area contributed by atoms with Crippen molar-refractivity contribution in [3.8, 4) is 0 Å². The molecular formula is C18H28N2O. The standard InChI is InChI=1S/C18H28N2O/c1-2-20(15-13-16-8-4-3-5-9-16)18(21)12-11-17-10-6-7-14-19-17/h3-5,8-9,17,19H,2,6-7,10-15H2,1H3. The van der Waals surface area contributed by atoms with E-state index < -0.39 is 0 Å². The van der Waals surface area contributed by atoms with Crippen LogP contribution in [0.1, 0.15) is 44.6 Å². The van der Waals surface area contributed by atoms with Crippen molar-refractivity contribution in [1.29, 1.82) is 0 Å². The molecule has 0 aromatic heterocycles. The third-order valence-corrected chi connectivity index (χ3v) is 4.37. The molecule has 3 nitrogen and oxygen atoms in total. The minimum Gasteiger partial charge on any atom is -0.343 e. The zero-order valence-corrected chi connectivity index (χ0v) is 13.2. The summed E-state index contributed by atoms with van der Waals surface area (Å²) in [5.74, 6) is 0.306. The monoisotopic (exact) mass is 288 g/mol. The maximum atomic E-state index is 12.3. The van der Waals surface area contributed by atoms with Crippen LogP contribution in [0.2, 0.25) is 0 Å². The molecule has 116 valence electrons. The Morgan fingerprint density at radius 1 is 1.29 bits per heavy atom. The number of benzene rings is 1. The summed E-state index contributed by atoms with van der Waals surface area (Å²) in [4.78, 5) is 14.3. The van der Waals surface area contributed by atoms with Crippen molar-refractivity contribution in [2.45, 2.75) is 51.5 Å². The zero-order chi connectivity index (χ0) is 14.9. The molecule has 0 radical (unpaired) electrons. The van der Waals surface area contributed by atoms with Crippen LogP contribution in [0.25, 0.3) is 0 Å². The molecule has 1 saturated heterocycles. The number of carbonyl (C=O) groups is 1. The molecule has 1 aromatic rings. The molecule has 21 heavy (non-hydrogen) atoms. The summed E-state index contributed by atoms with van der Waals surface area (Å²) in [5, 5.41) is 3.52. The summed E-state index contributed by atoms with van der Waals surface area (Å²) in [6, 6.07) is 11.0. The first-order valence-corrected chi connectivity index (χ1v) is 8.34. The van der Waals surface area contributed by atoms with Gasteiger partial charge in [0.05, 0.1) is 0 Å². The van der Waals surface area contributed by atoms with Crippen LogP contribution in [0.4, 0.5) is 0 Å². The summed E-state index contributed by atoms with van der Waals surface area (Å²) in [5.41, 5.74) is 1.30. The highest BCUT2D eigenvalue weighted by Gasteiger charge is 2.16. The van der Waals surface area contributed by atoms with Gasteiger partial charge in [-0.3, -0.25) is 4.79 Å². The van der Waals surface area contributed by atoms with Crippen molar-refractivity contribution < 1.29 is 4.79 Å². The van der Waals surface area contributed by atoms with Crippen LogP contribution in [-0.4, -0.2) is 36.5 Å². The molecule has 1 unspecified atom stereocenters. The number of hydrogen-bond donors (Lipinski definition) is 1. The van der Waals surface area contributed by atoms with E-state index in [-0.39, 0.29) is 0 Å². The molecule has 1 fully saturated rings. The molecule has 1 heterocycles. The van der Waals surface area contributed by atoms with Crippen LogP contribution in [0.5, 0.6) is 0 Å². The molecule has 0 spiro atoms. The van der Waals surface area contributed by atoms with Gasteiger partial charge in [0.25, 0.3) is 0 Å².